The largest absolute Gasteiger partial charge is 0.469 e. The van der Waals surface area contributed by atoms with Crippen LogP contribution < -0.4 is 10.6 Å². The molecule has 0 bridgehead atoms. The minimum Gasteiger partial charge on any atom is -0.469 e. The first-order valence-corrected chi connectivity index (χ1v) is 10.0. The lowest BCUT2D eigenvalue weighted by Crippen LogP contribution is -2.39. The fraction of sp³-hybridized carbons (Fsp3) is 0.579. The SMILES string of the molecule is CCOCCCNC(=NCC(C)c1ncc(C)s1)NCCc1ccco1.I. The molecule has 6 nitrogen and oxygen atoms in total. The van der Waals surface area contributed by atoms with Gasteiger partial charge >= 0.3 is 0 Å². The summed E-state index contributed by atoms with van der Waals surface area (Å²) >= 11 is 1.74. The van der Waals surface area contributed by atoms with Crippen molar-refractivity contribution in [3.8, 4) is 0 Å². The highest BCUT2D eigenvalue weighted by molar-refractivity contribution is 14.0. The van der Waals surface area contributed by atoms with Crippen molar-refractivity contribution in [2.45, 2.75) is 39.5 Å². The molecule has 2 heterocycles. The van der Waals surface area contributed by atoms with Crippen molar-refractivity contribution >= 4 is 41.3 Å². The van der Waals surface area contributed by atoms with Crippen LogP contribution in [0.25, 0.3) is 0 Å². The summed E-state index contributed by atoms with van der Waals surface area (Å²) < 4.78 is 10.8. The molecular weight excluding hydrogens is 475 g/mol. The van der Waals surface area contributed by atoms with Crippen LogP contribution in [0.5, 0.6) is 0 Å². The van der Waals surface area contributed by atoms with Gasteiger partial charge in [-0.1, -0.05) is 6.92 Å². The van der Waals surface area contributed by atoms with Crippen molar-refractivity contribution in [3.63, 3.8) is 0 Å². The molecule has 27 heavy (non-hydrogen) atoms. The highest BCUT2D eigenvalue weighted by atomic mass is 127. The average molecular weight is 506 g/mol. The summed E-state index contributed by atoms with van der Waals surface area (Å²) in [6, 6.07) is 3.90. The monoisotopic (exact) mass is 506 g/mol. The molecule has 0 amide bonds. The molecule has 1 unspecified atom stereocenters. The summed E-state index contributed by atoms with van der Waals surface area (Å²) in [5, 5.41) is 7.90. The molecule has 0 fully saturated rings. The smallest absolute Gasteiger partial charge is 0.191 e. The lowest BCUT2D eigenvalue weighted by Gasteiger charge is -2.13. The third-order valence-corrected chi connectivity index (χ3v) is 4.93. The Bertz CT molecular complexity index is 646. The zero-order valence-corrected chi connectivity index (χ0v) is 19.5. The van der Waals surface area contributed by atoms with E-state index in [1.165, 1.54) is 4.88 Å². The quantitative estimate of drug-likeness (QED) is 0.209. The first kappa shape index (κ1) is 23.9. The standard InChI is InChI=1S/C19H30N4O2S.HI/c1-4-24-11-6-9-20-19(21-10-8-17-7-5-12-25-17)23-13-15(2)18-22-14-16(3)26-18;/h5,7,12,14-15H,4,6,8-11,13H2,1-3H3,(H2,20,21,23);1H. The average Bonchev–Trinajstić information content (AvgIpc) is 3.30. The van der Waals surface area contributed by atoms with Gasteiger partial charge in [0, 0.05) is 49.7 Å². The first-order chi connectivity index (χ1) is 12.7. The Labute approximate surface area is 183 Å². The number of furan rings is 1. The van der Waals surface area contributed by atoms with Crippen molar-refractivity contribution in [2.24, 2.45) is 4.99 Å². The van der Waals surface area contributed by atoms with E-state index in [0.29, 0.717) is 12.5 Å². The van der Waals surface area contributed by atoms with E-state index in [2.05, 4.69) is 29.5 Å². The van der Waals surface area contributed by atoms with Gasteiger partial charge < -0.3 is 19.8 Å². The molecule has 2 aromatic heterocycles. The van der Waals surface area contributed by atoms with Gasteiger partial charge in [-0.15, -0.1) is 35.3 Å². The molecule has 0 aliphatic carbocycles. The predicted octanol–water partition coefficient (Wildman–Crippen LogP) is 3.97. The molecule has 0 spiro atoms. The van der Waals surface area contributed by atoms with E-state index in [4.69, 9.17) is 14.1 Å². The number of rotatable bonds is 11. The van der Waals surface area contributed by atoms with Crippen molar-refractivity contribution in [1.29, 1.82) is 0 Å². The topological polar surface area (TPSA) is 71.7 Å². The van der Waals surface area contributed by atoms with Gasteiger partial charge in [0.05, 0.1) is 17.8 Å². The van der Waals surface area contributed by atoms with E-state index >= 15 is 0 Å². The number of aromatic nitrogens is 1. The molecule has 2 aromatic rings. The zero-order chi connectivity index (χ0) is 18.6. The summed E-state index contributed by atoms with van der Waals surface area (Å²) in [6.45, 7) is 10.1. The molecule has 0 saturated heterocycles. The third-order valence-electron chi connectivity index (χ3n) is 3.79. The number of hydrogen-bond acceptors (Lipinski definition) is 5. The number of hydrogen-bond donors (Lipinski definition) is 2. The Hall–Kier alpha value is -1.13. The number of aryl methyl sites for hydroxylation is 1. The van der Waals surface area contributed by atoms with E-state index in [-0.39, 0.29) is 24.0 Å². The number of aliphatic imine (C=N–C) groups is 1. The van der Waals surface area contributed by atoms with Crippen LogP contribution in [0.1, 0.15) is 41.8 Å². The first-order valence-electron chi connectivity index (χ1n) is 9.23. The highest BCUT2D eigenvalue weighted by Crippen LogP contribution is 2.21. The van der Waals surface area contributed by atoms with Crippen LogP contribution in [0.15, 0.2) is 34.0 Å². The van der Waals surface area contributed by atoms with Crippen molar-refractivity contribution in [1.82, 2.24) is 15.6 Å². The lowest BCUT2D eigenvalue weighted by atomic mass is 10.2. The van der Waals surface area contributed by atoms with E-state index in [1.807, 2.05) is 25.3 Å². The summed E-state index contributed by atoms with van der Waals surface area (Å²) in [4.78, 5) is 10.4. The Balaban J connectivity index is 0.00000364. The fourth-order valence-electron chi connectivity index (χ4n) is 2.36. The maximum Gasteiger partial charge on any atom is 0.191 e. The number of halogens is 1. The van der Waals surface area contributed by atoms with Crippen LogP contribution in [0, 0.1) is 6.92 Å². The van der Waals surface area contributed by atoms with Gasteiger partial charge in [-0.05, 0) is 32.4 Å². The molecule has 0 aliphatic rings. The lowest BCUT2D eigenvalue weighted by molar-refractivity contribution is 0.145. The van der Waals surface area contributed by atoms with E-state index in [1.54, 1.807) is 17.6 Å². The Morgan fingerprint density at radius 2 is 2.19 bits per heavy atom. The summed E-state index contributed by atoms with van der Waals surface area (Å²) in [7, 11) is 0. The number of thiazole rings is 1. The van der Waals surface area contributed by atoms with Crippen LogP contribution in [-0.4, -0.2) is 43.8 Å². The number of ether oxygens (including phenoxy) is 1. The second kappa shape index (κ2) is 14.0. The second-order valence-corrected chi connectivity index (χ2v) is 7.40. The molecule has 0 aliphatic heterocycles. The van der Waals surface area contributed by atoms with Gasteiger partial charge in [0.25, 0.3) is 0 Å². The van der Waals surface area contributed by atoms with Crippen LogP contribution >= 0.6 is 35.3 Å². The highest BCUT2D eigenvalue weighted by Gasteiger charge is 2.09. The van der Waals surface area contributed by atoms with Gasteiger partial charge in [-0.3, -0.25) is 4.99 Å². The van der Waals surface area contributed by atoms with Gasteiger partial charge in [-0.25, -0.2) is 4.98 Å². The fourth-order valence-corrected chi connectivity index (χ4v) is 3.18. The molecule has 8 heteroatoms. The van der Waals surface area contributed by atoms with Crippen molar-refractivity contribution in [3.05, 3.63) is 40.2 Å². The summed E-state index contributed by atoms with van der Waals surface area (Å²) in [6.07, 6.45) is 5.41. The molecule has 0 aromatic carbocycles. The molecule has 0 saturated carbocycles. The minimum atomic E-state index is 0. The van der Waals surface area contributed by atoms with Crippen molar-refractivity contribution in [2.75, 3.05) is 32.8 Å². The van der Waals surface area contributed by atoms with E-state index in [9.17, 15) is 0 Å². The number of nitrogens with zero attached hydrogens (tertiary/aromatic N) is 2. The molecular formula is C19H31IN4O2S. The van der Waals surface area contributed by atoms with Gasteiger partial charge in [0.15, 0.2) is 5.96 Å². The molecule has 1 atom stereocenters. The molecule has 152 valence electrons. The van der Waals surface area contributed by atoms with E-state index in [0.717, 1.165) is 55.9 Å². The van der Waals surface area contributed by atoms with Gasteiger partial charge in [-0.2, -0.15) is 0 Å². The zero-order valence-electron chi connectivity index (χ0n) is 16.4. The normalized spacial score (nSPS) is 12.5. The van der Waals surface area contributed by atoms with Crippen LogP contribution in [0.3, 0.4) is 0 Å². The Morgan fingerprint density at radius 1 is 1.37 bits per heavy atom. The van der Waals surface area contributed by atoms with Crippen molar-refractivity contribution < 1.29 is 9.15 Å². The summed E-state index contributed by atoms with van der Waals surface area (Å²) in [5.41, 5.74) is 0. The van der Waals surface area contributed by atoms with Crippen LogP contribution in [0.4, 0.5) is 0 Å². The molecule has 0 radical (unpaired) electrons. The van der Waals surface area contributed by atoms with Gasteiger partial charge in [0.1, 0.15) is 5.76 Å². The number of nitrogens with one attached hydrogen (secondary N) is 2. The third kappa shape index (κ3) is 9.57. The molecule has 2 rings (SSSR count). The second-order valence-electron chi connectivity index (χ2n) is 6.13. The maximum absolute atomic E-state index is 5.38. The van der Waals surface area contributed by atoms with Crippen LogP contribution in [-0.2, 0) is 11.2 Å². The Morgan fingerprint density at radius 3 is 2.85 bits per heavy atom. The maximum atomic E-state index is 5.38. The molecule has 2 N–H and O–H groups in total. The summed E-state index contributed by atoms with van der Waals surface area (Å²) in [5.74, 6) is 2.11. The van der Waals surface area contributed by atoms with Gasteiger partial charge in [0.2, 0.25) is 0 Å². The minimum absolute atomic E-state index is 0. The van der Waals surface area contributed by atoms with E-state index < -0.39 is 0 Å². The Kier molecular flexibility index (Phi) is 12.4. The number of guanidine groups is 1. The predicted molar refractivity (Wildman–Crippen MR) is 123 cm³/mol. The van der Waals surface area contributed by atoms with Crippen LogP contribution in [0.2, 0.25) is 0 Å².